The van der Waals surface area contributed by atoms with Gasteiger partial charge in [-0.2, -0.15) is 0 Å². The van der Waals surface area contributed by atoms with E-state index in [1.54, 1.807) is 26.2 Å². The zero-order valence-corrected chi connectivity index (χ0v) is 26.5. The van der Waals surface area contributed by atoms with Crippen LogP contribution in [0.1, 0.15) is 37.8 Å². The summed E-state index contributed by atoms with van der Waals surface area (Å²) in [7, 11) is 0. The molecule has 0 spiro atoms. The number of rotatable bonds is 16. The van der Waals surface area contributed by atoms with E-state index in [1.165, 1.54) is 0 Å². The first kappa shape index (κ1) is 34.5. The number of carbonyl (C=O) groups excluding carboxylic acids is 3. The number of aliphatic imine (C=N–C) groups is 1. The van der Waals surface area contributed by atoms with Crippen LogP contribution in [0.25, 0.3) is 21.8 Å². The minimum Gasteiger partial charge on any atom is -0.480 e. The Morgan fingerprint density at radius 3 is 1.87 bits per heavy atom. The molecule has 2 aromatic heterocycles. The van der Waals surface area contributed by atoms with Crippen LogP contribution in [-0.2, 0) is 32.0 Å². The molecule has 0 saturated heterocycles. The number of nitrogens with one attached hydrogen (secondary N) is 5. The molecule has 0 saturated carbocycles. The molecule has 4 aromatic rings. The van der Waals surface area contributed by atoms with Gasteiger partial charge in [0.2, 0.25) is 17.7 Å². The van der Waals surface area contributed by atoms with Crippen molar-refractivity contribution < 1.29 is 24.3 Å². The minimum atomic E-state index is -1.20. The number of hydrogen-bond donors (Lipinski definition) is 9. The third-order valence-corrected chi connectivity index (χ3v) is 7.99. The van der Waals surface area contributed by atoms with E-state index in [0.29, 0.717) is 6.42 Å². The zero-order valence-electron chi connectivity index (χ0n) is 26.5. The van der Waals surface area contributed by atoms with E-state index in [2.05, 4.69) is 30.9 Å². The summed E-state index contributed by atoms with van der Waals surface area (Å²) in [5, 5.41) is 19.5. The van der Waals surface area contributed by atoms with Crippen molar-refractivity contribution in [1.82, 2.24) is 25.9 Å². The van der Waals surface area contributed by atoms with Gasteiger partial charge in [0.1, 0.15) is 18.1 Å². The number of carboxylic acids is 1. The van der Waals surface area contributed by atoms with Gasteiger partial charge in [0.15, 0.2) is 5.96 Å². The number of nitrogens with two attached hydrogens (primary N) is 3. The first-order valence-electron chi connectivity index (χ1n) is 15.5. The molecule has 3 amide bonds. The lowest BCUT2D eigenvalue weighted by Crippen LogP contribution is -2.58. The molecule has 47 heavy (non-hydrogen) atoms. The minimum absolute atomic E-state index is 0.0908. The zero-order chi connectivity index (χ0) is 34.1. The lowest BCUT2D eigenvalue weighted by Gasteiger charge is -2.26. The van der Waals surface area contributed by atoms with E-state index < -0.39 is 53.8 Å². The van der Waals surface area contributed by atoms with Crippen molar-refractivity contribution in [3.63, 3.8) is 0 Å². The second kappa shape index (κ2) is 15.8. The van der Waals surface area contributed by atoms with Gasteiger partial charge in [-0.05, 0) is 48.4 Å². The number of para-hydroxylation sites is 2. The number of carboxylic acid groups (broad SMARTS) is 1. The summed E-state index contributed by atoms with van der Waals surface area (Å²) < 4.78 is 0. The molecule has 0 aliphatic heterocycles. The molecule has 12 N–H and O–H groups in total. The van der Waals surface area contributed by atoms with Crippen molar-refractivity contribution in [3.05, 3.63) is 72.1 Å². The van der Waals surface area contributed by atoms with Crippen molar-refractivity contribution in [2.45, 2.75) is 63.7 Å². The largest absolute Gasteiger partial charge is 0.480 e. The highest BCUT2D eigenvalue weighted by molar-refractivity contribution is 5.95. The van der Waals surface area contributed by atoms with Crippen molar-refractivity contribution in [1.29, 1.82) is 0 Å². The Bertz CT molecular complexity index is 1740. The Labute approximate surface area is 271 Å². The summed E-state index contributed by atoms with van der Waals surface area (Å²) in [6.45, 7) is 3.52. The lowest BCUT2D eigenvalue weighted by molar-refractivity contribution is -0.143. The summed E-state index contributed by atoms with van der Waals surface area (Å²) >= 11 is 0. The Morgan fingerprint density at radius 1 is 0.787 bits per heavy atom. The summed E-state index contributed by atoms with van der Waals surface area (Å²) in [6, 6.07) is 10.8. The molecule has 14 heteroatoms. The maximum absolute atomic E-state index is 13.9. The van der Waals surface area contributed by atoms with Crippen LogP contribution in [0.15, 0.2) is 65.9 Å². The molecule has 2 aromatic carbocycles. The third kappa shape index (κ3) is 9.10. The number of aromatic amines is 2. The second-order valence-electron chi connectivity index (χ2n) is 11.9. The van der Waals surface area contributed by atoms with Gasteiger partial charge in [-0.1, -0.05) is 50.2 Å². The van der Waals surface area contributed by atoms with Gasteiger partial charge in [0.05, 0.1) is 6.04 Å². The number of hydrogen-bond acceptors (Lipinski definition) is 6. The summed E-state index contributed by atoms with van der Waals surface area (Å²) in [4.78, 5) is 62.9. The molecule has 0 aliphatic rings. The van der Waals surface area contributed by atoms with Gasteiger partial charge in [-0.15, -0.1) is 0 Å². The molecule has 4 rings (SSSR count). The van der Waals surface area contributed by atoms with E-state index >= 15 is 0 Å². The van der Waals surface area contributed by atoms with Gasteiger partial charge in [0, 0.05) is 47.2 Å². The Balaban J connectivity index is 1.56. The number of guanidine groups is 1. The van der Waals surface area contributed by atoms with Crippen LogP contribution in [-0.4, -0.2) is 75.4 Å². The van der Waals surface area contributed by atoms with Gasteiger partial charge >= 0.3 is 5.97 Å². The molecule has 4 atom stereocenters. The number of nitrogens with zero attached hydrogens (tertiary/aromatic N) is 1. The lowest BCUT2D eigenvalue weighted by atomic mass is 10.0. The van der Waals surface area contributed by atoms with Crippen LogP contribution in [0.2, 0.25) is 0 Å². The molecular formula is C33H43N9O5. The Hall–Kier alpha value is -5.37. The first-order chi connectivity index (χ1) is 22.4. The van der Waals surface area contributed by atoms with Crippen LogP contribution in [0.5, 0.6) is 0 Å². The average molecular weight is 646 g/mol. The fourth-order valence-electron chi connectivity index (χ4n) is 5.45. The fraction of sp³-hybridized carbons (Fsp3) is 0.364. The van der Waals surface area contributed by atoms with E-state index in [0.717, 1.165) is 32.9 Å². The molecular weight excluding hydrogens is 602 g/mol. The van der Waals surface area contributed by atoms with E-state index in [-0.39, 0.29) is 31.8 Å². The Morgan fingerprint density at radius 2 is 1.32 bits per heavy atom. The van der Waals surface area contributed by atoms with E-state index in [1.807, 2.05) is 48.5 Å². The number of amides is 3. The maximum atomic E-state index is 13.9. The van der Waals surface area contributed by atoms with Crippen LogP contribution in [0, 0.1) is 5.92 Å². The van der Waals surface area contributed by atoms with Gasteiger partial charge < -0.3 is 48.2 Å². The van der Waals surface area contributed by atoms with Gasteiger partial charge in [-0.25, -0.2) is 4.79 Å². The number of aromatic nitrogens is 2. The van der Waals surface area contributed by atoms with Crippen LogP contribution in [0.4, 0.5) is 0 Å². The van der Waals surface area contributed by atoms with Gasteiger partial charge in [-0.3, -0.25) is 19.4 Å². The number of H-pyrrole nitrogens is 2. The second-order valence-corrected chi connectivity index (χ2v) is 11.9. The number of benzene rings is 2. The quantitative estimate of drug-likeness (QED) is 0.0482. The predicted octanol–water partition coefficient (Wildman–Crippen LogP) is 1.01. The molecule has 0 aliphatic carbocycles. The molecule has 0 radical (unpaired) electrons. The standard InChI is InChI=1S/C33H43N9O5/c1-18(2)28(32(46)47)42-30(44)26(12-7-13-37-33(35)36)40-31(45)27(15-20-17-39-25-11-6-4-9-22(20)25)41-29(43)23(34)14-19-16-38-24-10-5-3-8-21(19)24/h3-6,8-11,16-18,23,26-28,38-39H,7,12-15,34H2,1-2H3,(H,40,45)(H,41,43)(H,42,44)(H,46,47)(H4,35,36,37). The van der Waals surface area contributed by atoms with Crippen molar-refractivity contribution >= 4 is 51.5 Å². The predicted molar refractivity (Wildman–Crippen MR) is 180 cm³/mol. The molecule has 250 valence electrons. The smallest absolute Gasteiger partial charge is 0.326 e. The van der Waals surface area contributed by atoms with E-state index in [9.17, 15) is 24.3 Å². The summed E-state index contributed by atoms with van der Waals surface area (Å²) in [5.74, 6) is -3.60. The van der Waals surface area contributed by atoms with Crippen molar-refractivity contribution in [2.24, 2.45) is 28.1 Å². The summed E-state index contributed by atoms with van der Waals surface area (Å²) in [6.07, 6.45) is 4.30. The number of aliphatic carboxylic acids is 1. The van der Waals surface area contributed by atoms with Crippen LogP contribution >= 0.6 is 0 Å². The van der Waals surface area contributed by atoms with E-state index in [4.69, 9.17) is 17.2 Å². The summed E-state index contributed by atoms with van der Waals surface area (Å²) in [5.41, 5.74) is 20.6. The van der Waals surface area contributed by atoms with Crippen molar-refractivity contribution in [2.75, 3.05) is 6.54 Å². The van der Waals surface area contributed by atoms with Gasteiger partial charge in [0.25, 0.3) is 0 Å². The number of carbonyl (C=O) groups is 4. The van der Waals surface area contributed by atoms with Crippen molar-refractivity contribution in [3.8, 4) is 0 Å². The van der Waals surface area contributed by atoms with Crippen LogP contribution in [0.3, 0.4) is 0 Å². The highest BCUT2D eigenvalue weighted by Gasteiger charge is 2.32. The molecule has 0 fully saturated rings. The average Bonchev–Trinajstić information content (AvgIpc) is 3.64. The molecule has 2 heterocycles. The normalized spacial score (nSPS) is 13.9. The topological polar surface area (TPSA) is 247 Å². The molecule has 0 bridgehead atoms. The highest BCUT2D eigenvalue weighted by Crippen LogP contribution is 2.21. The van der Waals surface area contributed by atoms with Crippen LogP contribution < -0.4 is 33.2 Å². The Kier molecular flexibility index (Phi) is 11.6. The fourth-order valence-corrected chi connectivity index (χ4v) is 5.45. The third-order valence-electron chi connectivity index (χ3n) is 7.99. The molecule has 14 nitrogen and oxygen atoms in total. The molecule has 4 unspecified atom stereocenters. The first-order valence-corrected chi connectivity index (χ1v) is 15.5. The maximum Gasteiger partial charge on any atom is 0.326 e. The monoisotopic (exact) mass is 645 g/mol. The SMILES string of the molecule is CC(C)C(NC(=O)C(CCCN=C(N)N)NC(=O)C(Cc1c[nH]c2ccccc12)NC(=O)C(N)Cc1c[nH]c2ccccc12)C(=O)O. The number of fused-ring (bicyclic) bond motifs is 2. The highest BCUT2D eigenvalue weighted by atomic mass is 16.4.